The van der Waals surface area contributed by atoms with Crippen LogP contribution in [-0.2, 0) is 12.8 Å². The first-order chi connectivity index (χ1) is 15.3. The lowest BCUT2D eigenvalue weighted by atomic mass is 9.87. The Bertz CT molecular complexity index is 880. The van der Waals surface area contributed by atoms with Crippen LogP contribution in [-0.4, -0.2) is 60.2 Å². The minimum Gasteiger partial charge on any atom is -0.497 e. The molecule has 6 heteroatoms. The van der Waals surface area contributed by atoms with E-state index in [9.17, 15) is 0 Å². The summed E-state index contributed by atoms with van der Waals surface area (Å²) < 4.78 is 5.44. The van der Waals surface area contributed by atoms with Crippen LogP contribution < -0.4 is 15.0 Å². The Kier molecular flexibility index (Phi) is 6.25. The van der Waals surface area contributed by atoms with Gasteiger partial charge in [0.2, 0.25) is 5.95 Å². The number of hydrogen-bond donors (Lipinski definition) is 1. The van der Waals surface area contributed by atoms with Gasteiger partial charge in [0.05, 0.1) is 7.11 Å². The summed E-state index contributed by atoms with van der Waals surface area (Å²) in [6.45, 7) is 4.44. The quantitative estimate of drug-likeness (QED) is 0.790. The van der Waals surface area contributed by atoms with Crippen LogP contribution >= 0.6 is 0 Å². The number of benzene rings is 1. The summed E-state index contributed by atoms with van der Waals surface area (Å²) in [5.74, 6) is 2.83. The molecule has 3 aliphatic rings. The molecule has 5 rings (SSSR count). The van der Waals surface area contributed by atoms with E-state index in [1.165, 1.54) is 49.7 Å². The third-order valence-electron chi connectivity index (χ3n) is 7.26. The van der Waals surface area contributed by atoms with E-state index in [1.807, 2.05) is 6.20 Å². The highest BCUT2D eigenvalue weighted by molar-refractivity contribution is 5.43. The van der Waals surface area contributed by atoms with E-state index in [0.717, 1.165) is 56.5 Å². The maximum absolute atomic E-state index is 5.44. The number of fused-ring (bicyclic) bond motifs is 1. The monoisotopic (exact) mass is 421 g/mol. The van der Waals surface area contributed by atoms with E-state index >= 15 is 0 Å². The number of aromatic nitrogens is 2. The molecular formula is C25H35N5O. The Morgan fingerprint density at radius 3 is 2.71 bits per heavy atom. The number of likely N-dealkylation sites (tertiary alicyclic amines) is 1. The molecule has 1 aliphatic carbocycles. The molecular weight excluding hydrogens is 386 g/mol. The van der Waals surface area contributed by atoms with Crippen LogP contribution in [0.2, 0.25) is 0 Å². The number of hydrogen-bond acceptors (Lipinski definition) is 6. The van der Waals surface area contributed by atoms with Crippen molar-refractivity contribution in [1.82, 2.24) is 14.9 Å². The number of nitrogens with one attached hydrogen (secondary N) is 1. The number of aryl methyl sites for hydroxylation is 1. The van der Waals surface area contributed by atoms with Crippen molar-refractivity contribution >= 4 is 11.8 Å². The standard InChI is InChI=1S/C25H35N5O/c1-31-23-9-7-19-6-8-22(16-20(19)17-23)30-15-11-21(18-30)27-25-26-12-10-24(28-25)29-13-4-2-3-5-14-29/h7,9-10,12,17,21-22H,2-6,8,11,13-16,18H2,1H3,(H,26,27,28). The zero-order chi connectivity index (χ0) is 21.0. The predicted octanol–water partition coefficient (Wildman–Crippen LogP) is 3.91. The maximum Gasteiger partial charge on any atom is 0.224 e. The van der Waals surface area contributed by atoms with E-state index in [0.29, 0.717) is 12.1 Å². The largest absolute Gasteiger partial charge is 0.497 e. The van der Waals surface area contributed by atoms with Crippen molar-refractivity contribution < 1.29 is 4.74 Å². The Balaban J connectivity index is 1.19. The molecule has 0 spiro atoms. The summed E-state index contributed by atoms with van der Waals surface area (Å²) in [4.78, 5) is 14.5. The first kappa shape index (κ1) is 20.6. The average Bonchev–Trinajstić information content (AvgIpc) is 3.10. The molecule has 2 aliphatic heterocycles. The van der Waals surface area contributed by atoms with Crippen LogP contribution in [0.3, 0.4) is 0 Å². The fourth-order valence-corrected chi connectivity index (χ4v) is 5.47. The molecule has 31 heavy (non-hydrogen) atoms. The van der Waals surface area contributed by atoms with Gasteiger partial charge < -0.3 is 15.0 Å². The van der Waals surface area contributed by atoms with Gasteiger partial charge >= 0.3 is 0 Å². The summed E-state index contributed by atoms with van der Waals surface area (Å²) in [7, 11) is 1.75. The highest BCUT2D eigenvalue weighted by Crippen LogP contribution is 2.30. The van der Waals surface area contributed by atoms with E-state index in [4.69, 9.17) is 9.72 Å². The fourth-order valence-electron chi connectivity index (χ4n) is 5.47. The predicted molar refractivity (Wildman–Crippen MR) is 125 cm³/mol. The van der Waals surface area contributed by atoms with Gasteiger partial charge in [-0.3, -0.25) is 4.90 Å². The van der Waals surface area contributed by atoms with Crippen molar-refractivity contribution in [3.05, 3.63) is 41.6 Å². The highest BCUT2D eigenvalue weighted by Gasteiger charge is 2.31. The summed E-state index contributed by atoms with van der Waals surface area (Å²) in [5, 5.41) is 3.63. The van der Waals surface area contributed by atoms with Gasteiger partial charge in [-0.25, -0.2) is 4.98 Å². The van der Waals surface area contributed by atoms with Gasteiger partial charge in [0, 0.05) is 44.5 Å². The van der Waals surface area contributed by atoms with Crippen LogP contribution in [0.4, 0.5) is 11.8 Å². The minimum atomic E-state index is 0.422. The molecule has 6 nitrogen and oxygen atoms in total. The summed E-state index contributed by atoms with van der Waals surface area (Å²) >= 11 is 0. The molecule has 0 amide bonds. The zero-order valence-electron chi connectivity index (χ0n) is 18.7. The third kappa shape index (κ3) is 4.79. The maximum atomic E-state index is 5.44. The van der Waals surface area contributed by atoms with Gasteiger partial charge in [-0.2, -0.15) is 4.98 Å². The van der Waals surface area contributed by atoms with Crippen molar-refractivity contribution in [2.24, 2.45) is 0 Å². The second-order valence-corrected chi connectivity index (χ2v) is 9.30. The molecule has 0 radical (unpaired) electrons. The van der Waals surface area contributed by atoms with E-state index in [1.54, 1.807) is 7.11 Å². The number of ether oxygens (including phenoxy) is 1. The van der Waals surface area contributed by atoms with Crippen LogP contribution in [0.1, 0.15) is 49.7 Å². The minimum absolute atomic E-state index is 0.422. The normalized spacial score (nSPS) is 24.5. The van der Waals surface area contributed by atoms with Crippen LogP contribution in [0, 0.1) is 0 Å². The van der Waals surface area contributed by atoms with Crippen LogP contribution in [0.15, 0.2) is 30.5 Å². The Morgan fingerprint density at radius 1 is 1.00 bits per heavy atom. The summed E-state index contributed by atoms with van der Waals surface area (Å²) in [6, 6.07) is 9.67. The molecule has 2 fully saturated rings. The third-order valence-corrected chi connectivity index (χ3v) is 7.26. The summed E-state index contributed by atoms with van der Waals surface area (Å²) in [6.07, 6.45) is 11.8. The molecule has 1 aromatic carbocycles. The lowest BCUT2D eigenvalue weighted by molar-refractivity contribution is 0.220. The van der Waals surface area contributed by atoms with Gasteiger partial charge in [0.25, 0.3) is 0 Å². The van der Waals surface area contributed by atoms with Crippen LogP contribution in [0.25, 0.3) is 0 Å². The van der Waals surface area contributed by atoms with E-state index in [-0.39, 0.29) is 0 Å². The van der Waals surface area contributed by atoms with E-state index in [2.05, 4.69) is 44.4 Å². The SMILES string of the molecule is COc1ccc2c(c1)CC(N1CCC(Nc3nccc(N4CCCCCC4)n3)C1)CC2. The average molecular weight is 422 g/mol. The molecule has 166 valence electrons. The lowest BCUT2D eigenvalue weighted by Gasteiger charge is -2.32. The molecule has 1 aromatic heterocycles. The second kappa shape index (κ2) is 9.43. The van der Waals surface area contributed by atoms with Crippen molar-refractivity contribution in [3.63, 3.8) is 0 Å². The first-order valence-electron chi connectivity index (χ1n) is 12.0. The Morgan fingerprint density at radius 2 is 1.87 bits per heavy atom. The van der Waals surface area contributed by atoms with Gasteiger partial charge in [-0.15, -0.1) is 0 Å². The Hall–Kier alpha value is -2.34. The number of anilines is 2. The lowest BCUT2D eigenvalue weighted by Crippen LogP contribution is -2.39. The number of rotatable bonds is 5. The molecule has 3 heterocycles. The number of methoxy groups -OCH3 is 1. The number of nitrogens with zero attached hydrogens (tertiary/aromatic N) is 4. The Labute approximate surface area is 186 Å². The molecule has 0 saturated carbocycles. The highest BCUT2D eigenvalue weighted by atomic mass is 16.5. The van der Waals surface area contributed by atoms with Gasteiger partial charge in [0.15, 0.2) is 0 Å². The van der Waals surface area contributed by atoms with Crippen LogP contribution in [0.5, 0.6) is 5.75 Å². The molecule has 2 unspecified atom stereocenters. The van der Waals surface area contributed by atoms with Gasteiger partial charge in [0.1, 0.15) is 11.6 Å². The molecule has 2 saturated heterocycles. The van der Waals surface area contributed by atoms with Gasteiger partial charge in [-0.1, -0.05) is 18.9 Å². The molecule has 1 N–H and O–H groups in total. The zero-order valence-corrected chi connectivity index (χ0v) is 18.7. The second-order valence-electron chi connectivity index (χ2n) is 9.30. The van der Waals surface area contributed by atoms with Crippen molar-refractivity contribution in [2.45, 2.75) is 63.5 Å². The van der Waals surface area contributed by atoms with Gasteiger partial charge in [-0.05, 0) is 67.9 Å². The molecule has 0 bridgehead atoms. The van der Waals surface area contributed by atoms with E-state index < -0.39 is 0 Å². The smallest absolute Gasteiger partial charge is 0.224 e. The van der Waals surface area contributed by atoms with Crippen molar-refractivity contribution in [1.29, 1.82) is 0 Å². The fraction of sp³-hybridized carbons (Fsp3) is 0.600. The van der Waals surface area contributed by atoms with Crippen molar-refractivity contribution in [3.8, 4) is 5.75 Å². The molecule has 2 aromatic rings. The topological polar surface area (TPSA) is 53.5 Å². The first-order valence-corrected chi connectivity index (χ1v) is 12.0. The van der Waals surface area contributed by atoms with Crippen molar-refractivity contribution in [2.75, 3.05) is 43.5 Å². The molecule has 2 atom stereocenters. The summed E-state index contributed by atoms with van der Waals surface area (Å²) in [5.41, 5.74) is 2.95.